The molecule has 0 aliphatic heterocycles. The molecule has 0 heterocycles. The molecule has 2 saturated carbocycles. The smallest absolute Gasteiger partial charge is 0.315 e. The van der Waals surface area contributed by atoms with E-state index in [1.165, 1.54) is 32.1 Å². The average Bonchev–Trinajstić information content (AvgIpc) is 2.80. The lowest BCUT2D eigenvalue weighted by Crippen LogP contribution is -2.53. The van der Waals surface area contributed by atoms with Crippen LogP contribution in [-0.4, -0.2) is 24.2 Å². The van der Waals surface area contributed by atoms with Gasteiger partial charge in [0.1, 0.15) is 0 Å². The van der Waals surface area contributed by atoms with Crippen LogP contribution >= 0.6 is 0 Å². The second kappa shape index (κ2) is 5.71. The van der Waals surface area contributed by atoms with Gasteiger partial charge in [-0.25, -0.2) is 4.79 Å². The highest BCUT2D eigenvalue weighted by molar-refractivity contribution is 5.74. The maximum absolute atomic E-state index is 11.7. The van der Waals surface area contributed by atoms with E-state index < -0.39 is 0 Å². The van der Waals surface area contributed by atoms with Crippen LogP contribution in [0.4, 0.5) is 4.79 Å². The third-order valence-electron chi connectivity index (χ3n) is 4.14. The van der Waals surface area contributed by atoms with E-state index in [0.29, 0.717) is 12.6 Å². The highest BCUT2D eigenvalue weighted by atomic mass is 16.2. The molecule has 0 aromatic rings. The molecule has 0 unspecified atom stereocenters. The topological polar surface area (TPSA) is 67.1 Å². The van der Waals surface area contributed by atoms with Crippen molar-refractivity contribution in [1.29, 1.82) is 0 Å². The van der Waals surface area contributed by atoms with Crippen LogP contribution in [0.3, 0.4) is 0 Å². The van der Waals surface area contributed by atoms with Crippen molar-refractivity contribution in [3.05, 3.63) is 0 Å². The third-order valence-corrected chi connectivity index (χ3v) is 4.14. The summed E-state index contributed by atoms with van der Waals surface area (Å²) in [5.41, 5.74) is 6.11. The van der Waals surface area contributed by atoms with Crippen molar-refractivity contribution in [3.63, 3.8) is 0 Å². The summed E-state index contributed by atoms with van der Waals surface area (Å²) in [6.45, 7) is 0.617. The normalized spacial score (nSPS) is 24.5. The predicted molar refractivity (Wildman–Crippen MR) is 68.8 cm³/mol. The van der Waals surface area contributed by atoms with Crippen molar-refractivity contribution in [2.45, 2.75) is 69.4 Å². The summed E-state index contributed by atoms with van der Waals surface area (Å²) in [4.78, 5) is 11.7. The van der Waals surface area contributed by atoms with Crippen LogP contribution in [0.5, 0.6) is 0 Å². The molecule has 2 aliphatic rings. The van der Waals surface area contributed by atoms with Gasteiger partial charge in [-0.05, 0) is 25.7 Å². The zero-order valence-corrected chi connectivity index (χ0v) is 10.6. The minimum absolute atomic E-state index is 0.0349. The van der Waals surface area contributed by atoms with Crippen molar-refractivity contribution >= 4 is 6.03 Å². The zero-order chi connectivity index (χ0) is 12.1. The number of rotatable bonds is 3. The molecule has 0 radical (unpaired) electrons. The predicted octanol–water partition coefficient (Wildman–Crippen LogP) is 1.89. The van der Waals surface area contributed by atoms with Gasteiger partial charge < -0.3 is 16.4 Å². The van der Waals surface area contributed by atoms with Crippen LogP contribution in [0, 0.1) is 0 Å². The Morgan fingerprint density at radius 1 is 1.12 bits per heavy atom. The van der Waals surface area contributed by atoms with E-state index in [0.717, 1.165) is 25.7 Å². The van der Waals surface area contributed by atoms with Gasteiger partial charge in [0.15, 0.2) is 0 Å². The van der Waals surface area contributed by atoms with Gasteiger partial charge in [0, 0.05) is 18.1 Å². The van der Waals surface area contributed by atoms with Crippen molar-refractivity contribution in [2.75, 3.05) is 6.54 Å². The van der Waals surface area contributed by atoms with E-state index >= 15 is 0 Å². The maximum atomic E-state index is 11.7. The standard InChI is InChI=1S/C13H25N3O/c14-13(8-4-1-5-9-13)10-15-12(17)16-11-6-2-3-7-11/h11H,1-10,14H2,(H2,15,16,17). The van der Waals surface area contributed by atoms with Gasteiger partial charge in [-0.2, -0.15) is 0 Å². The molecule has 0 aromatic heterocycles. The Kier molecular flexibility index (Phi) is 4.26. The fourth-order valence-electron chi connectivity index (χ4n) is 3.00. The first-order chi connectivity index (χ1) is 8.18. The molecular weight excluding hydrogens is 214 g/mol. The molecule has 2 aliphatic carbocycles. The van der Waals surface area contributed by atoms with Crippen LogP contribution in [0.15, 0.2) is 0 Å². The van der Waals surface area contributed by atoms with Crippen molar-refractivity contribution in [2.24, 2.45) is 5.73 Å². The molecule has 0 bridgehead atoms. The number of urea groups is 1. The molecule has 98 valence electrons. The Morgan fingerprint density at radius 3 is 2.41 bits per heavy atom. The quantitative estimate of drug-likeness (QED) is 0.704. The van der Waals surface area contributed by atoms with E-state index in [-0.39, 0.29) is 11.6 Å². The third kappa shape index (κ3) is 3.87. The number of carbonyl (C=O) groups excluding carboxylic acids is 1. The van der Waals surface area contributed by atoms with Gasteiger partial charge in [-0.3, -0.25) is 0 Å². The lowest BCUT2D eigenvalue weighted by Gasteiger charge is -2.33. The van der Waals surface area contributed by atoms with E-state index in [9.17, 15) is 4.79 Å². The lowest BCUT2D eigenvalue weighted by atomic mass is 9.82. The SMILES string of the molecule is NC1(CNC(=O)NC2CCCC2)CCCCC1. The second-order valence-electron chi connectivity index (χ2n) is 5.73. The van der Waals surface area contributed by atoms with Crippen LogP contribution in [0.25, 0.3) is 0 Å². The molecule has 17 heavy (non-hydrogen) atoms. The minimum atomic E-state index is -0.161. The van der Waals surface area contributed by atoms with E-state index in [2.05, 4.69) is 10.6 Å². The first-order valence-corrected chi connectivity index (χ1v) is 7.01. The summed E-state index contributed by atoms with van der Waals surface area (Å²) >= 11 is 0. The van der Waals surface area contributed by atoms with Crippen molar-refractivity contribution < 1.29 is 4.79 Å². The Bertz CT molecular complexity index is 255. The molecule has 0 spiro atoms. The summed E-state index contributed by atoms with van der Waals surface area (Å²) in [5.74, 6) is 0. The summed E-state index contributed by atoms with van der Waals surface area (Å²) in [5, 5.41) is 5.97. The van der Waals surface area contributed by atoms with Gasteiger partial charge in [0.25, 0.3) is 0 Å². The number of nitrogens with one attached hydrogen (secondary N) is 2. The van der Waals surface area contributed by atoms with E-state index in [1.807, 2.05) is 0 Å². The summed E-state index contributed by atoms with van der Waals surface area (Å²) < 4.78 is 0. The van der Waals surface area contributed by atoms with Gasteiger partial charge in [0.05, 0.1) is 0 Å². The zero-order valence-electron chi connectivity index (χ0n) is 10.6. The number of nitrogens with two attached hydrogens (primary N) is 1. The molecule has 0 atom stereocenters. The molecule has 4 heteroatoms. The number of hydrogen-bond donors (Lipinski definition) is 3. The maximum Gasteiger partial charge on any atom is 0.315 e. The number of carbonyl (C=O) groups is 1. The highest BCUT2D eigenvalue weighted by Gasteiger charge is 2.28. The minimum Gasteiger partial charge on any atom is -0.336 e. The second-order valence-corrected chi connectivity index (χ2v) is 5.73. The summed E-state index contributed by atoms with van der Waals surface area (Å²) in [6, 6.07) is 0.349. The Balaban J connectivity index is 1.67. The Hall–Kier alpha value is -0.770. The van der Waals surface area contributed by atoms with Gasteiger partial charge in [0.2, 0.25) is 0 Å². The fourth-order valence-corrected chi connectivity index (χ4v) is 3.00. The highest BCUT2D eigenvalue weighted by Crippen LogP contribution is 2.25. The molecule has 2 fully saturated rings. The fraction of sp³-hybridized carbons (Fsp3) is 0.923. The molecule has 2 rings (SSSR count). The molecular formula is C13H25N3O. The van der Waals surface area contributed by atoms with Crippen molar-refractivity contribution in [1.82, 2.24) is 10.6 Å². The van der Waals surface area contributed by atoms with Gasteiger partial charge in [-0.1, -0.05) is 32.1 Å². The Labute approximate surface area is 104 Å². The van der Waals surface area contributed by atoms with Crippen LogP contribution < -0.4 is 16.4 Å². The number of amides is 2. The number of hydrogen-bond acceptors (Lipinski definition) is 2. The summed E-state index contributed by atoms with van der Waals surface area (Å²) in [6.07, 6.45) is 10.5. The molecule has 0 saturated heterocycles. The monoisotopic (exact) mass is 239 g/mol. The van der Waals surface area contributed by atoms with Crippen LogP contribution in [0.1, 0.15) is 57.8 Å². The van der Waals surface area contributed by atoms with E-state index in [4.69, 9.17) is 5.73 Å². The van der Waals surface area contributed by atoms with Crippen molar-refractivity contribution in [3.8, 4) is 0 Å². The van der Waals surface area contributed by atoms with Crippen LogP contribution in [0.2, 0.25) is 0 Å². The lowest BCUT2D eigenvalue weighted by molar-refractivity contribution is 0.227. The largest absolute Gasteiger partial charge is 0.336 e. The molecule has 4 nitrogen and oxygen atoms in total. The molecule has 0 aromatic carbocycles. The average molecular weight is 239 g/mol. The molecule has 4 N–H and O–H groups in total. The Morgan fingerprint density at radius 2 is 1.76 bits per heavy atom. The van der Waals surface area contributed by atoms with Crippen LogP contribution in [-0.2, 0) is 0 Å². The van der Waals surface area contributed by atoms with Gasteiger partial charge in [-0.15, -0.1) is 0 Å². The first-order valence-electron chi connectivity index (χ1n) is 7.01. The van der Waals surface area contributed by atoms with Gasteiger partial charge >= 0.3 is 6.03 Å². The summed E-state index contributed by atoms with van der Waals surface area (Å²) in [7, 11) is 0. The first kappa shape index (κ1) is 12.7. The van der Waals surface area contributed by atoms with E-state index in [1.54, 1.807) is 0 Å². The molecule has 2 amide bonds.